The van der Waals surface area contributed by atoms with Crippen molar-refractivity contribution in [2.45, 2.75) is 6.92 Å². The van der Waals surface area contributed by atoms with Crippen LogP contribution in [0.2, 0.25) is 0 Å². The van der Waals surface area contributed by atoms with E-state index in [1.165, 1.54) is 0 Å². The van der Waals surface area contributed by atoms with Crippen LogP contribution in [0, 0.1) is 18.3 Å². The molecule has 6 nitrogen and oxygen atoms in total. The zero-order chi connectivity index (χ0) is 18.3. The van der Waals surface area contributed by atoms with E-state index in [9.17, 15) is 15.2 Å². The summed E-state index contributed by atoms with van der Waals surface area (Å²) >= 11 is 1.11. The molecule has 126 valence electrons. The lowest BCUT2D eigenvalue weighted by atomic mass is 10.1. The number of pyridine rings is 1. The number of benzene rings is 1. The van der Waals surface area contributed by atoms with E-state index in [4.69, 9.17) is 0 Å². The average molecular weight is 360 g/mol. The second-order valence-corrected chi connectivity index (χ2v) is 6.74. The first-order valence-corrected chi connectivity index (χ1v) is 8.58. The number of thiazole rings is 1. The molecule has 0 fully saturated rings. The van der Waals surface area contributed by atoms with Gasteiger partial charge < -0.3 is 10.1 Å². The summed E-state index contributed by atoms with van der Waals surface area (Å²) in [6.45, 7) is 1.67. The summed E-state index contributed by atoms with van der Waals surface area (Å²) in [6, 6.07) is 13.4. The Balaban J connectivity index is 1.89. The van der Waals surface area contributed by atoms with Gasteiger partial charge in [-0.15, -0.1) is 11.3 Å². The van der Waals surface area contributed by atoms with E-state index in [0.717, 1.165) is 39.2 Å². The number of rotatable bonds is 3. The number of fused-ring (bicyclic) bond motifs is 1. The molecule has 4 rings (SSSR count). The molecule has 0 saturated heterocycles. The van der Waals surface area contributed by atoms with E-state index in [2.05, 4.69) is 21.0 Å². The van der Waals surface area contributed by atoms with Crippen molar-refractivity contribution < 1.29 is 9.90 Å². The molecule has 0 spiro atoms. The number of aromatic nitrogens is 3. The van der Waals surface area contributed by atoms with Crippen LogP contribution < -0.4 is 0 Å². The fourth-order valence-corrected chi connectivity index (χ4v) is 3.73. The molecule has 3 heterocycles. The van der Waals surface area contributed by atoms with Crippen molar-refractivity contribution in [1.82, 2.24) is 15.0 Å². The van der Waals surface area contributed by atoms with Gasteiger partial charge in [0.25, 0.3) is 0 Å². The van der Waals surface area contributed by atoms with Crippen molar-refractivity contribution in [3.8, 4) is 28.0 Å². The highest BCUT2D eigenvalue weighted by Gasteiger charge is 2.17. The van der Waals surface area contributed by atoms with Gasteiger partial charge in [-0.1, -0.05) is 6.07 Å². The van der Waals surface area contributed by atoms with E-state index >= 15 is 0 Å². The summed E-state index contributed by atoms with van der Waals surface area (Å²) in [6.07, 6.45) is 1.71. The molecule has 7 heteroatoms. The summed E-state index contributed by atoms with van der Waals surface area (Å²) in [7, 11) is 0. The Labute approximate surface area is 152 Å². The van der Waals surface area contributed by atoms with Crippen molar-refractivity contribution >= 4 is 28.2 Å². The first kappa shape index (κ1) is 16.0. The van der Waals surface area contributed by atoms with Gasteiger partial charge in [0.1, 0.15) is 16.0 Å². The minimum absolute atomic E-state index is 0.210. The highest BCUT2D eigenvalue weighted by molar-refractivity contribution is 7.17. The molecular weight excluding hydrogens is 348 g/mol. The number of hydrogen-bond donors (Lipinski definition) is 2. The Kier molecular flexibility index (Phi) is 3.75. The number of aromatic carboxylic acids is 1. The minimum Gasteiger partial charge on any atom is -0.477 e. The molecule has 0 amide bonds. The molecule has 0 saturated carbocycles. The molecule has 3 aromatic heterocycles. The van der Waals surface area contributed by atoms with E-state index in [-0.39, 0.29) is 4.88 Å². The van der Waals surface area contributed by atoms with E-state index in [0.29, 0.717) is 16.3 Å². The van der Waals surface area contributed by atoms with Gasteiger partial charge >= 0.3 is 5.97 Å². The van der Waals surface area contributed by atoms with Gasteiger partial charge in [0.05, 0.1) is 28.2 Å². The summed E-state index contributed by atoms with van der Waals surface area (Å²) in [4.78, 5) is 23.4. The van der Waals surface area contributed by atoms with Crippen molar-refractivity contribution in [2.75, 3.05) is 0 Å². The topological polar surface area (TPSA) is 103 Å². The van der Waals surface area contributed by atoms with Crippen LogP contribution in [0.5, 0.6) is 0 Å². The number of nitrogens with one attached hydrogen (secondary N) is 1. The zero-order valence-corrected chi connectivity index (χ0v) is 14.5. The Morgan fingerprint density at radius 1 is 1.31 bits per heavy atom. The lowest BCUT2D eigenvalue weighted by Crippen LogP contribution is -1.94. The molecule has 4 aromatic rings. The van der Waals surface area contributed by atoms with Crippen molar-refractivity contribution in [2.24, 2.45) is 0 Å². The third-order valence-corrected chi connectivity index (χ3v) is 5.22. The van der Waals surface area contributed by atoms with Gasteiger partial charge in [-0.25, -0.2) is 9.78 Å². The molecule has 0 aliphatic carbocycles. The van der Waals surface area contributed by atoms with Gasteiger partial charge in [-0.3, -0.25) is 4.98 Å². The molecule has 2 N–H and O–H groups in total. The summed E-state index contributed by atoms with van der Waals surface area (Å²) < 4.78 is 0. The van der Waals surface area contributed by atoms with Crippen LogP contribution in [-0.2, 0) is 0 Å². The maximum Gasteiger partial charge on any atom is 0.347 e. The standard InChI is InChI=1S/C19H12N4O2S/c1-10-17(19(24)25)26-18(22-10)12-6-11-8-15(14-4-2-3-5-21-14)23-16(11)13(7-12)9-20/h2-8,23H,1H3,(H,24,25). The number of H-pyrrole nitrogens is 1. The second-order valence-electron chi connectivity index (χ2n) is 5.74. The number of carboxylic acid groups (broad SMARTS) is 1. The van der Waals surface area contributed by atoms with Crippen LogP contribution in [0.4, 0.5) is 0 Å². The van der Waals surface area contributed by atoms with Gasteiger partial charge in [0.15, 0.2) is 0 Å². The first-order valence-electron chi connectivity index (χ1n) is 7.76. The lowest BCUT2D eigenvalue weighted by molar-refractivity contribution is 0.0701. The highest BCUT2D eigenvalue weighted by atomic mass is 32.1. The third kappa shape index (κ3) is 2.62. The smallest absolute Gasteiger partial charge is 0.347 e. The maximum absolute atomic E-state index is 11.3. The van der Waals surface area contributed by atoms with E-state index in [1.807, 2.05) is 30.3 Å². The molecule has 0 atom stereocenters. The zero-order valence-electron chi connectivity index (χ0n) is 13.6. The number of nitrogens with zero attached hydrogens (tertiary/aromatic N) is 3. The molecule has 0 aliphatic heterocycles. The maximum atomic E-state index is 11.3. The lowest BCUT2D eigenvalue weighted by Gasteiger charge is -1.99. The molecule has 0 unspecified atom stereocenters. The van der Waals surface area contributed by atoms with Crippen molar-refractivity contribution in [1.29, 1.82) is 5.26 Å². The number of aromatic amines is 1. The highest BCUT2D eigenvalue weighted by Crippen LogP contribution is 2.33. The minimum atomic E-state index is -0.994. The largest absolute Gasteiger partial charge is 0.477 e. The molecule has 0 aliphatic rings. The third-order valence-electron chi connectivity index (χ3n) is 4.03. The van der Waals surface area contributed by atoms with Gasteiger partial charge in [0.2, 0.25) is 0 Å². The summed E-state index contributed by atoms with van der Waals surface area (Å²) in [5, 5.41) is 20.2. The average Bonchev–Trinajstić information content (AvgIpc) is 3.25. The van der Waals surface area contributed by atoms with Crippen molar-refractivity contribution in [3.05, 3.63) is 58.7 Å². The second kappa shape index (κ2) is 6.10. The van der Waals surface area contributed by atoms with Gasteiger partial charge in [-0.05, 0) is 37.3 Å². The molecule has 0 bridgehead atoms. The van der Waals surface area contributed by atoms with Crippen molar-refractivity contribution in [3.63, 3.8) is 0 Å². The quantitative estimate of drug-likeness (QED) is 0.569. The SMILES string of the molecule is Cc1nc(-c2cc(C#N)c3[nH]c(-c4ccccn4)cc3c2)sc1C(=O)O. The van der Waals surface area contributed by atoms with Crippen LogP contribution in [0.1, 0.15) is 20.9 Å². The number of aryl methyl sites for hydroxylation is 1. The Morgan fingerprint density at radius 3 is 2.81 bits per heavy atom. The number of carboxylic acids is 1. The predicted molar refractivity (Wildman–Crippen MR) is 99.0 cm³/mol. The number of nitriles is 1. The van der Waals surface area contributed by atoms with Gasteiger partial charge in [0, 0.05) is 17.1 Å². The van der Waals surface area contributed by atoms with Crippen LogP contribution in [0.25, 0.3) is 32.9 Å². The number of carbonyl (C=O) groups is 1. The molecular formula is C19H12N4O2S. The Bertz CT molecular complexity index is 1190. The number of hydrogen-bond acceptors (Lipinski definition) is 5. The van der Waals surface area contributed by atoms with Crippen LogP contribution in [0.3, 0.4) is 0 Å². The monoisotopic (exact) mass is 360 g/mol. The van der Waals surface area contributed by atoms with Crippen LogP contribution in [-0.4, -0.2) is 26.0 Å². The van der Waals surface area contributed by atoms with Crippen LogP contribution in [0.15, 0.2) is 42.6 Å². The normalized spacial score (nSPS) is 10.8. The summed E-state index contributed by atoms with van der Waals surface area (Å²) in [5.41, 5.74) is 4.00. The Morgan fingerprint density at radius 2 is 2.15 bits per heavy atom. The van der Waals surface area contributed by atoms with Crippen LogP contribution >= 0.6 is 11.3 Å². The van der Waals surface area contributed by atoms with Gasteiger partial charge in [-0.2, -0.15) is 5.26 Å². The van der Waals surface area contributed by atoms with E-state index in [1.54, 1.807) is 19.2 Å². The Hall–Kier alpha value is -3.50. The molecule has 0 radical (unpaired) electrons. The summed E-state index contributed by atoms with van der Waals surface area (Å²) in [5.74, 6) is -0.994. The predicted octanol–water partition coefficient (Wildman–Crippen LogP) is 4.23. The van der Waals surface area contributed by atoms with E-state index < -0.39 is 5.97 Å². The first-order chi connectivity index (χ1) is 12.6. The molecule has 26 heavy (non-hydrogen) atoms. The fraction of sp³-hybridized carbons (Fsp3) is 0.0526. The fourth-order valence-electron chi connectivity index (χ4n) is 2.83. The molecule has 1 aromatic carbocycles.